The summed E-state index contributed by atoms with van der Waals surface area (Å²) < 4.78 is 0. The van der Waals surface area contributed by atoms with E-state index in [0.29, 0.717) is 12.1 Å². The Balaban J connectivity index is 2.19. The fourth-order valence-corrected chi connectivity index (χ4v) is 1.38. The predicted molar refractivity (Wildman–Crippen MR) is 59.6 cm³/mol. The SMILES string of the molecule is NC(=O)C1=CC=NN(c2ccccc2)C1. The largest absolute Gasteiger partial charge is 0.366 e. The van der Waals surface area contributed by atoms with E-state index in [0.717, 1.165) is 5.69 Å². The monoisotopic (exact) mass is 201 g/mol. The number of amides is 1. The van der Waals surface area contributed by atoms with Gasteiger partial charge in [-0.2, -0.15) is 5.10 Å². The predicted octanol–water partition coefficient (Wildman–Crippen LogP) is 0.904. The molecule has 1 amide bonds. The molecule has 0 radical (unpaired) electrons. The fraction of sp³-hybridized carbons (Fsp3) is 0.0909. The average molecular weight is 201 g/mol. The van der Waals surface area contributed by atoms with Crippen molar-refractivity contribution in [2.45, 2.75) is 0 Å². The van der Waals surface area contributed by atoms with Gasteiger partial charge in [0.25, 0.3) is 0 Å². The van der Waals surface area contributed by atoms with Gasteiger partial charge in [-0.1, -0.05) is 18.2 Å². The number of nitrogens with two attached hydrogens (primary N) is 1. The summed E-state index contributed by atoms with van der Waals surface area (Å²) >= 11 is 0. The van der Waals surface area contributed by atoms with E-state index >= 15 is 0 Å². The van der Waals surface area contributed by atoms with Crippen molar-refractivity contribution < 1.29 is 4.79 Å². The Hall–Kier alpha value is -2.10. The highest BCUT2D eigenvalue weighted by Gasteiger charge is 2.13. The molecule has 76 valence electrons. The number of anilines is 1. The number of primary amides is 1. The van der Waals surface area contributed by atoms with Crippen LogP contribution in [-0.4, -0.2) is 18.7 Å². The highest BCUT2D eigenvalue weighted by molar-refractivity contribution is 5.98. The standard InChI is InChI=1S/C11H11N3O/c12-11(15)9-6-7-13-14(8-9)10-4-2-1-3-5-10/h1-7H,8H2,(H2,12,15). The Bertz CT molecular complexity index is 423. The second kappa shape index (κ2) is 3.96. The number of carbonyl (C=O) groups excluding carboxylic acids is 1. The summed E-state index contributed by atoms with van der Waals surface area (Å²) in [5, 5.41) is 5.89. The van der Waals surface area contributed by atoms with E-state index in [1.165, 1.54) is 0 Å². The molecule has 0 unspecified atom stereocenters. The molecule has 0 aliphatic carbocycles. The number of rotatable bonds is 2. The van der Waals surface area contributed by atoms with Crippen LogP contribution < -0.4 is 10.7 Å². The highest BCUT2D eigenvalue weighted by Crippen LogP contribution is 2.16. The molecule has 0 aromatic heterocycles. The summed E-state index contributed by atoms with van der Waals surface area (Å²) in [5.74, 6) is -0.401. The Morgan fingerprint density at radius 3 is 2.73 bits per heavy atom. The first-order valence-corrected chi connectivity index (χ1v) is 4.63. The van der Waals surface area contributed by atoms with Gasteiger partial charge in [-0.25, -0.2) is 0 Å². The van der Waals surface area contributed by atoms with Crippen molar-refractivity contribution >= 4 is 17.8 Å². The molecule has 0 atom stereocenters. The van der Waals surface area contributed by atoms with Crippen molar-refractivity contribution in [2.75, 3.05) is 11.6 Å². The van der Waals surface area contributed by atoms with E-state index in [-0.39, 0.29) is 0 Å². The van der Waals surface area contributed by atoms with E-state index in [4.69, 9.17) is 5.73 Å². The molecule has 1 heterocycles. The van der Waals surface area contributed by atoms with Crippen LogP contribution in [0.3, 0.4) is 0 Å². The van der Waals surface area contributed by atoms with Crippen molar-refractivity contribution in [1.29, 1.82) is 0 Å². The average Bonchev–Trinajstić information content (AvgIpc) is 2.30. The molecule has 1 aliphatic heterocycles. The lowest BCUT2D eigenvalue weighted by Gasteiger charge is -2.21. The Morgan fingerprint density at radius 1 is 1.33 bits per heavy atom. The third kappa shape index (κ3) is 2.04. The number of allylic oxidation sites excluding steroid dienone is 1. The number of hydrogen-bond donors (Lipinski definition) is 1. The number of carbonyl (C=O) groups is 1. The van der Waals surface area contributed by atoms with Gasteiger partial charge in [0.1, 0.15) is 0 Å². The maximum atomic E-state index is 11.0. The van der Waals surface area contributed by atoms with Gasteiger partial charge in [-0.05, 0) is 18.2 Å². The molecule has 1 aromatic rings. The fourth-order valence-electron chi connectivity index (χ4n) is 1.38. The first-order chi connectivity index (χ1) is 7.27. The number of hydrazone groups is 1. The van der Waals surface area contributed by atoms with Crippen LogP contribution in [0.25, 0.3) is 0 Å². The zero-order valence-electron chi connectivity index (χ0n) is 8.13. The molecule has 0 saturated heterocycles. The zero-order chi connectivity index (χ0) is 10.7. The van der Waals surface area contributed by atoms with Crippen LogP contribution in [0.4, 0.5) is 5.69 Å². The minimum absolute atomic E-state index is 0.401. The van der Waals surface area contributed by atoms with Gasteiger partial charge in [0.15, 0.2) is 0 Å². The van der Waals surface area contributed by atoms with Crippen LogP contribution in [0.2, 0.25) is 0 Å². The molecule has 1 aliphatic rings. The minimum Gasteiger partial charge on any atom is -0.366 e. The van der Waals surface area contributed by atoms with Gasteiger partial charge in [0.2, 0.25) is 5.91 Å². The summed E-state index contributed by atoms with van der Waals surface area (Å²) in [4.78, 5) is 11.0. The maximum Gasteiger partial charge on any atom is 0.246 e. The molecule has 4 heteroatoms. The minimum atomic E-state index is -0.401. The number of nitrogens with zero attached hydrogens (tertiary/aromatic N) is 2. The smallest absolute Gasteiger partial charge is 0.246 e. The van der Waals surface area contributed by atoms with Gasteiger partial charge in [-0.15, -0.1) is 0 Å². The molecular weight excluding hydrogens is 190 g/mol. The molecule has 4 nitrogen and oxygen atoms in total. The number of hydrogen-bond acceptors (Lipinski definition) is 3. The molecule has 0 bridgehead atoms. The number of para-hydroxylation sites is 1. The van der Waals surface area contributed by atoms with Crippen molar-refractivity contribution in [3.63, 3.8) is 0 Å². The van der Waals surface area contributed by atoms with Crippen LogP contribution in [0.15, 0.2) is 47.1 Å². The molecule has 0 spiro atoms. The summed E-state index contributed by atoms with van der Waals surface area (Å²) in [5.41, 5.74) is 6.72. The normalized spacial score (nSPS) is 14.9. The molecule has 0 fully saturated rings. The summed E-state index contributed by atoms with van der Waals surface area (Å²) in [6.07, 6.45) is 3.22. The van der Waals surface area contributed by atoms with Crippen LogP contribution in [0, 0.1) is 0 Å². The Labute approximate surface area is 87.7 Å². The quantitative estimate of drug-likeness (QED) is 0.773. The van der Waals surface area contributed by atoms with E-state index in [1.807, 2.05) is 30.3 Å². The van der Waals surface area contributed by atoms with E-state index in [2.05, 4.69) is 5.10 Å². The van der Waals surface area contributed by atoms with Crippen molar-refractivity contribution in [2.24, 2.45) is 10.8 Å². The van der Waals surface area contributed by atoms with Crippen LogP contribution in [-0.2, 0) is 4.79 Å². The molecule has 2 N–H and O–H groups in total. The summed E-state index contributed by atoms with van der Waals surface area (Å²) in [6.45, 7) is 0.426. The van der Waals surface area contributed by atoms with E-state index < -0.39 is 5.91 Å². The zero-order valence-corrected chi connectivity index (χ0v) is 8.13. The van der Waals surface area contributed by atoms with Gasteiger partial charge < -0.3 is 5.73 Å². The lowest BCUT2D eigenvalue weighted by Crippen LogP contribution is -2.29. The maximum absolute atomic E-state index is 11.0. The molecule has 1 aromatic carbocycles. The third-order valence-electron chi connectivity index (χ3n) is 2.17. The van der Waals surface area contributed by atoms with Crippen molar-refractivity contribution in [3.05, 3.63) is 42.0 Å². The summed E-state index contributed by atoms with van der Waals surface area (Å²) in [6, 6.07) is 9.64. The van der Waals surface area contributed by atoms with Gasteiger partial charge in [-0.3, -0.25) is 9.80 Å². The van der Waals surface area contributed by atoms with Crippen LogP contribution in [0.5, 0.6) is 0 Å². The second-order valence-corrected chi connectivity index (χ2v) is 3.21. The molecule has 2 rings (SSSR count). The van der Waals surface area contributed by atoms with Crippen LogP contribution in [0.1, 0.15) is 0 Å². The lowest BCUT2D eigenvalue weighted by atomic mass is 10.2. The van der Waals surface area contributed by atoms with Gasteiger partial charge in [0, 0.05) is 11.8 Å². The van der Waals surface area contributed by atoms with Gasteiger partial charge in [0.05, 0.1) is 12.2 Å². The van der Waals surface area contributed by atoms with E-state index in [1.54, 1.807) is 17.3 Å². The van der Waals surface area contributed by atoms with Crippen LogP contribution >= 0.6 is 0 Å². The Kier molecular flexibility index (Phi) is 2.49. The van der Waals surface area contributed by atoms with Crippen molar-refractivity contribution in [1.82, 2.24) is 0 Å². The van der Waals surface area contributed by atoms with Crippen molar-refractivity contribution in [3.8, 4) is 0 Å². The lowest BCUT2D eigenvalue weighted by molar-refractivity contribution is -0.114. The highest BCUT2D eigenvalue weighted by atomic mass is 16.1. The molecule has 15 heavy (non-hydrogen) atoms. The topological polar surface area (TPSA) is 58.7 Å². The Morgan fingerprint density at radius 2 is 2.07 bits per heavy atom. The second-order valence-electron chi connectivity index (χ2n) is 3.21. The first-order valence-electron chi connectivity index (χ1n) is 4.63. The summed E-state index contributed by atoms with van der Waals surface area (Å²) in [7, 11) is 0. The van der Waals surface area contributed by atoms with Gasteiger partial charge >= 0.3 is 0 Å². The first kappa shape index (κ1) is 9.45. The number of benzene rings is 1. The third-order valence-corrected chi connectivity index (χ3v) is 2.17. The molecule has 0 saturated carbocycles. The molecular formula is C11H11N3O. The van der Waals surface area contributed by atoms with E-state index in [9.17, 15) is 4.79 Å².